The molecule has 1 unspecified atom stereocenters. The van der Waals surface area contributed by atoms with E-state index in [1.54, 1.807) is 11.0 Å². The van der Waals surface area contributed by atoms with E-state index in [9.17, 15) is 14.0 Å². The molecule has 2 aromatic carbocycles. The molecule has 1 atom stereocenters. The van der Waals surface area contributed by atoms with E-state index >= 15 is 0 Å². The lowest BCUT2D eigenvalue weighted by Gasteiger charge is -2.36. The molecule has 3 aromatic rings. The molecule has 2 aliphatic rings. The van der Waals surface area contributed by atoms with Crippen molar-refractivity contribution in [2.75, 3.05) is 18.4 Å². The van der Waals surface area contributed by atoms with Crippen molar-refractivity contribution in [3.05, 3.63) is 67.4 Å². The first kappa shape index (κ1) is 25.5. The van der Waals surface area contributed by atoms with Crippen LogP contribution in [0.25, 0.3) is 10.9 Å². The lowest BCUT2D eigenvalue weighted by Crippen LogP contribution is -2.42. The number of aromatic amines is 1. The molecule has 2 heterocycles. The summed E-state index contributed by atoms with van der Waals surface area (Å²) in [5, 5.41) is 13.3. The number of benzene rings is 2. The number of hydrogen-bond donors (Lipinski definition) is 2. The molecule has 1 amide bonds. The van der Waals surface area contributed by atoms with Crippen molar-refractivity contribution in [2.24, 2.45) is 5.92 Å². The monoisotopic (exact) mass is 541 g/mol. The first-order valence-electron chi connectivity index (χ1n) is 12.4. The van der Waals surface area contributed by atoms with E-state index in [1.807, 2.05) is 13.0 Å². The molecule has 192 valence electrons. The lowest BCUT2D eigenvalue weighted by atomic mass is 9.82. The average molecular weight is 542 g/mol. The second-order valence-electron chi connectivity index (χ2n) is 9.81. The van der Waals surface area contributed by atoms with Gasteiger partial charge in [-0.05, 0) is 74.4 Å². The van der Waals surface area contributed by atoms with E-state index in [0.29, 0.717) is 34.4 Å². The first-order chi connectivity index (χ1) is 17.7. The van der Waals surface area contributed by atoms with Gasteiger partial charge in [-0.3, -0.25) is 9.59 Å². The number of hydrogen-bond acceptors (Lipinski definition) is 5. The van der Waals surface area contributed by atoms with Crippen LogP contribution >= 0.6 is 23.2 Å². The summed E-state index contributed by atoms with van der Waals surface area (Å²) in [4.78, 5) is 34.9. The zero-order chi connectivity index (χ0) is 26.3. The summed E-state index contributed by atoms with van der Waals surface area (Å²) in [6.07, 6.45) is 3.68. The van der Waals surface area contributed by atoms with Crippen molar-refractivity contribution in [1.82, 2.24) is 14.9 Å². The van der Waals surface area contributed by atoms with E-state index in [4.69, 9.17) is 28.5 Å². The summed E-state index contributed by atoms with van der Waals surface area (Å²) in [5.74, 6) is -0.187. The summed E-state index contributed by atoms with van der Waals surface area (Å²) in [6, 6.07) is 8.23. The molecule has 1 aliphatic heterocycles. The fraction of sp³-hybridized carbons (Fsp3) is 0.407. The number of halogens is 3. The molecule has 37 heavy (non-hydrogen) atoms. The van der Waals surface area contributed by atoms with Gasteiger partial charge in [0.2, 0.25) is 5.91 Å². The summed E-state index contributed by atoms with van der Waals surface area (Å²) in [6.45, 7) is 2.29. The standard InChI is InChI=1S/C27H26Cl2FN5O2/c1-14-25-17(8-18(28)9-20(25)29)6-7-35(14)24(36)13-32-23-11-22-19(10-21(23)30)27(37)34-26(33-22)16-4-2-15(12-31)3-5-16/h8-11,14-16,32H,2-7,13H2,1H3,(H,33,34,37). The topological polar surface area (TPSA) is 102 Å². The fourth-order valence-electron chi connectivity index (χ4n) is 5.52. The van der Waals surface area contributed by atoms with Gasteiger partial charge in [0.1, 0.15) is 11.6 Å². The van der Waals surface area contributed by atoms with Gasteiger partial charge in [0.15, 0.2) is 0 Å². The van der Waals surface area contributed by atoms with Crippen molar-refractivity contribution >= 4 is 45.7 Å². The highest BCUT2D eigenvalue weighted by atomic mass is 35.5. The van der Waals surface area contributed by atoms with Gasteiger partial charge in [-0.1, -0.05) is 23.2 Å². The highest BCUT2D eigenvalue weighted by Gasteiger charge is 2.30. The van der Waals surface area contributed by atoms with Crippen LogP contribution in [-0.2, 0) is 11.2 Å². The molecule has 0 radical (unpaired) electrons. The highest BCUT2D eigenvalue weighted by Crippen LogP contribution is 2.37. The molecule has 0 saturated heterocycles. The first-order valence-corrected chi connectivity index (χ1v) is 13.1. The van der Waals surface area contributed by atoms with Crippen molar-refractivity contribution < 1.29 is 9.18 Å². The fourth-order valence-corrected chi connectivity index (χ4v) is 6.21. The van der Waals surface area contributed by atoms with Gasteiger partial charge in [0, 0.05) is 28.4 Å². The zero-order valence-electron chi connectivity index (χ0n) is 20.3. The Balaban J connectivity index is 1.33. The quantitative estimate of drug-likeness (QED) is 0.439. The van der Waals surface area contributed by atoms with Gasteiger partial charge in [-0.15, -0.1) is 0 Å². The Morgan fingerprint density at radius 2 is 2.00 bits per heavy atom. The minimum absolute atomic E-state index is 0.0378. The van der Waals surface area contributed by atoms with Crippen LogP contribution in [0.4, 0.5) is 10.1 Å². The third kappa shape index (κ3) is 5.03. The number of anilines is 1. The van der Waals surface area contributed by atoms with Gasteiger partial charge >= 0.3 is 0 Å². The number of carbonyl (C=O) groups excluding carboxylic acids is 1. The minimum atomic E-state index is -0.635. The normalized spacial score (nSPS) is 21.4. The van der Waals surface area contributed by atoms with Crippen molar-refractivity contribution in [1.29, 1.82) is 5.26 Å². The summed E-state index contributed by atoms with van der Waals surface area (Å²) in [7, 11) is 0. The minimum Gasteiger partial charge on any atom is -0.374 e. The third-order valence-electron chi connectivity index (χ3n) is 7.55. The maximum absolute atomic E-state index is 14.9. The summed E-state index contributed by atoms with van der Waals surface area (Å²) in [5.41, 5.74) is 1.97. The van der Waals surface area contributed by atoms with Crippen LogP contribution in [-0.4, -0.2) is 33.9 Å². The molecule has 0 bridgehead atoms. The van der Waals surface area contributed by atoms with Crippen LogP contribution in [0.2, 0.25) is 10.0 Å². The Kier molecular flexibility index (Phi) is 7.11. The maximum atomic E-state index is 14.9. The zero-order valence-corrected chi connectivity index (χ0v) is 21.8. The molecule has 2 N–H and O–H groups in total. The summed E-state index contributed by atoms with van der Waals surface area (Å²) < 4.78 is 14.9. The molecule has 1 fully saturated rings. The Morgan fingerprint density at radius 1 is 1.24 bits per heavy atom. The molecule has 0 spiro atoms. The average Bonchev–Trinajstić information content (AvgIpc) is 2.87. The van der Waals surface area contributed by atoms with Gasteiger partial charge in [-0.25, -0.2) is 9.37 Å². The number of aromatic nitrogens is 2. The largest absolute Gasteiger partial charge is 0.374 e. The Hall–Kier alpha value is -3.15. The second kappa shape index (κ2) is 10.3. The molecule has 1 aliphatic carbocycles. The number of rotatable bonds is 4. The van der Waals surface area contributed by atoms with Gasteiger partial charge < -0.3 is 15.2 Å². The molecule has 1 saturated carbocycles. The van der Waals surface area contributed by atoms with E-state index in [2.05, 4.69) is 21.4 Å². The van der Waals surface area contributed by atoms with Crippen LogP contribution in [0.3, 0.4) is 0 Å². The van der Waals surface area contributed by atoms with E-state index in [1.165, 1.54) is 6.07 Å². The highest BCUT2D eigenvalue weighted by molar-refractivity contribution is 6.35. The van der Waals surface area contributed by atoms with Crippen molar-refractivity contribution in [3.8, 4) is 6.07 Å². The van der Waals surface area contributed by atoms with Gasteiger partial charge in [0.25, 0.3) is 5.56 Å². The third-order valence-corrected chi connectivity index (χ3v) is 8.08. The Bertz CT molecular complexity index is 1480. The molecule has 10 heteroatoms. The van der Waals surface area contributed by atoms with Crippen molar-refractivity contribution in [3.63, 3.8) is 0 Å². The van der Waals surface area contributed by atoms with Crippen LogP contribution in [0.15, 0.2) is 29.1 Å². The van der Waals surface area contributed by atoms with E-state index < -0.39 is 11.4 Å². The SMILES string of the molecule is CC1c2c(Cl)cc(Cl)cc2CCN1C(=O)CNc1cc2nc(C3CCC(C#N)CC3)[nH]c(=O)c2cc1F. The number of nitrogens with zero attached hydrogens (tertiary/aromatic N) is 3. The van der Waals surface area contributed by atoms with Crippen LogP contribution in [0.1, 0.15) is 61.5 Å². The molecular formula is C27H26Cl2FN5O2. The maximum Gasteiger partial charge on any atom is 0.258 e. The number of amides is 1. The summed E-state index contributed by atoms with van der Waals surface area (Å²) >= 11 is 12.5. The smallest absolute Gasteiger partial charge is 0.258 e. The van der Waals surface area contributed by atoms with Crippen molar-refractivity contribution in [2.45, 2.75) is 51.0 Å². The number of nitrogens with one attached hydrogen (secondary N) is 2. The molecule has 1 aromatic heterocycles. The van der Waals surface area contributed by atoms with Gasteiger partial charge in [-0.2, -0.15) is 5.26 Å². The second-order valence-corrected chi connectivity index (χ2v) is 10.6. The van der Waals surface area contributed by atoms with Gasteiger partial charge in [0.05, 0.1) is 35.2 Å². The molecular weight excluding hydrogens is 516 g/mol. The number of H-pyrrole nitrogens is 1. The predicted molar refractivity (Wildman–Crippen MR) is 141 cm³/mol. The van der Waals surface area contributed by atoms with Crippen LogP contribution < -0.4 is 10.9 Å². The predicted octanol–water partition coefficient (Wildman–Crippen LogP) is 5.72. The van der Waals surface area contributed by atoms with Crippen LogP contribution in [0.5, 0.6) is 0 Å². The van der Waals surface area contributed by atoms with E-state index in [-0.39, 0.29) is 41.4 Å². The Labute approximate surface area is 223 Å². The van der Waals surface area contributed by atoms with E-state index in [0.717, 1.165) is 42.9 Å². The van der Waals surface area contributed by atoms with Crippen LogP contribution in [0, 0.1) is 23.1 Å². The number of fused-ring (bicyclic) bond motifs is 2. The number of carbonyl (C=O) groups is 1. The Morgan fingerprint density at radius 3 is 2.73 bits per heavy atom. The molecule has 5 rings (SSSR count). The molecule has 7 nitrogen and oxygen atoms in total. The lowest BCUT2D eigenvalue weighted by molar-refractivity contribution is -0.131. The number of nitriles is 1.